The summed E-state index contributed by atoms with van der Waals surface area (Å²) in [5.74, 6) is -2.51. The highest BCUT2D eigenvalue weighted by Gasteiger charge is 2.26. The van der Waals surface area contributed by atoms with Crippen LogP contribution in [0.1, 0.15) is 28.4 Å². The Balaban J connectivity index is 2.65. The van der Waals surface area contributed by atoms with Gasteiger partial charge in [0.15, 0.2) is 5.82 Å². The van der Waals surface area contributed by atoms with E-state index in [4.69, 9.17) is 16.2 Å². The first kappa shape index (κ1) is 15.6. The molecule has 0 fully saturated rings. The molecule has 0 atom stereocenters. The minimum absolute atomic E-state index is 0.00384. The van der Waals surface area contributed by atoms with E-state index in [1.165, 1.54) is 13.3 Å². The summed E-state index contributed by atoms with van der Waals surface area (Å²) in [6.45, 7) is 1.68. The van der Waals surface area contributed by atoms with E-state index in [9.17, 15) is 13.6 Å². The highest BCUT2D eigenvalue weighted by atomic mass is 19.1. The normalized spacial score (nSPS) is 11.5. The van der Waals surface area contributed by atoms with Crippen molar-refractivity contribution in [3.8, 4) is 0 Å². The third-order valence-electron chi connectivity index (χ3n) is 3.23. The molecule has 1 heterocycles. The van der Waals surface area contributed by atoms with E-state index in [1.54, 1.807) is 13.0 Å². The topological polar surface area (TPSA) is 94.1 Å². The average molecular weight is 307 g/mol. The zero-order valence-electron chi connectivity index (χ0n) is 12.0. The van der Waals surface area contributed by atoms with E-state index in [0.29, 0.717) is 5.76 Å². The molecule has 0 amide bonds. The Bertz CT molecular complexity index is 766. The number of H-pyrrole nitrogens is 1. The second-order valence-electron chi connectivity index (χ2n) is 4.50. The van der Waals surface area contributed by atoms with Crippen LogP contribution in [0.25, 0.3) is 5.76 Å². The van der Waals surface area contributed by atoms with E-state index in [1.807, 2.05) is 0 Å². The molecular weight excluding hydrogens is 292 g/mol. The first-order valence-electron chi connectivity index (χ1n) is 6.38. The maximum absolute atomic E-state index is 14.0. The van der Waals surface area contributed by atoms with Crippen molar-refractivity contribution in [2.24, 2.45) is 0 Å². The van der Waals surface area contributed by atoms with Gasteiger partial charge < -0.3 is 21.2 Å². The number of halogens is 2. The van der Waals surface area contributed by atoms with Crippen molar-refractivity contribution in [2.75, 3.05) is 18.6 Å². The summed E-state index contributed by atoms with van der Waals surface area (Å²) in [7, 11) is 1.40. The number of hydrogen-bond acceptors (Lipinski definition) is 4. The highest BCUT2D eigenvalue weighted by molar-refractivity contribution is 6.13. The van der Waals surface area contributed by atoms with Crippen LogP contribution in [-0.2, 0) is 4.74 Å². The largest absolute Gasteiger partial charge is 0.496 e. The Kier molecular flexibility index (Phi) is 4.16. The molecule has 0 spiro atoms. The van der Waals surface area contributed by atoms with Crippen LogP contribution in [0, 0.1) is 11.6 Å². The molecule has 0 aliphatic heterocycles. The molecule has 22 heavy (non-hydrogen) atoms. The van der Waals surface area contributed by atoms with Crippen molar-refractivity contribution in [3.05, 3.63) is 52.7 Å². The first-order valence-corrected chi connectivity index (χ1v) is 6.38. The maximum atomic E-state index is 14.0. The molecule has 2 aromatic rings. The number of benzene rings is 1. The Hall–Kier alpha value is -2.83. The highest BCUT2D eigenvalue weighted by Crippen LogP contribution is 2.30. The molecule has 2 rings (SSSR count). The third-order valence-corrected chi connectivity index (χ3v) is 3.23. The minimum Gasteiger partial charge on any atom is -0.496 e. The van der Waals surface area contributed by atoms with Crippen LogP contribution in [0.5, 0.6) is 0 Å². The van der Waals surface area contributed by atoms with Crippen LogP contribution in [0.4, 0.5) is 20.3 Å². The summed E-state index contributed by atoms with van der Waals surface area (Å²) in [5, 5.41) is 0. The third kappa shape index (κ3) is 2.41. The van der Waals surface area contributed by atoms with Crippen molar-refractivity contribution < 1.29 is 18.3 Å². The summed E-state index contributed by atoms with van der Waals surface area (Å²) >= 11 is 0. The Morgan fingerprint density at radius 1 is 1.27 bits per heavy atom. The predicted molar refractivity (Wildman–Crippen MR) is 80.1 cm³/mol. The number of nitrogens with one attached hydrogen (secondary N) is 1. The second kappa shape index (κ2) is 5.88. The van der Waals surface area contributed by atoms with Gasteiger partial charge in [-0.25, -0.2) is 8.78 Å². The fraction of sp³-hybridized carbons (Fsp3) is 0.133. The molecule has 7 heteroatoms. The SMILES string of the molecule is C/C=C(/OC)c1c(C(=O)c2c(F)ccc(N)c2F)c[nH]c1N. The number of nitrogen functional groups attached to an aromatic ring is 2. The monoisotopic (exact) mass is 307 g/mol. The van der Waals surface area contributed by atoms with Gasteiger partial charge in [-0.15, -0.1) is 0 Å². The van der Waals surface area contributed by atoms with Gasteiger partial charge >= 0.3 is 0 Å². The first-order chi connectivity index (χ1) is 10.4. The molecule has 5 N–H and O–H groups in total. The summed E-state index contributed by atoms with van der Waals surface area (Å²) in [6.07, 6.45) is 2.86. The van der Waals surface area contributed by atoms with E-state index in [2.05, 4.69) is 4.98 Å². The van der Waals surface area contributed by atoms with Gasteiger partial charge in [0.1, 0.15) is 17.4 Å². The predicted octanol–water partition coefficient (Wildman–Crippen LogP) is 2.70. The van der Waals surface area contributed by atoms with Crippen molar-refractivity contribution in [3.63, 3.8) is 0 Å². The molecule has 116 valence electrons. The lowest BCUT2D eigenvalue weighted by atomic mass is 9.99. The number of ether oxygens (including phenoxy) is 1. The molecule has 0 radical (unpaired) electrons. The lowest BCUT2D eigenvalue weighted by molar-refractivity contribution is 0.103. The van der Waals surface area contributed by atoms with Gasteiger partial charge in [0.25, 0.3) is 0 Å². The van der Waals surface area contributed by atoms with Crippen LogP contribution in [0.15, 0.2) is 24.4 Å². The molecule has 0 saturated carbocycles. The van der Waals surface area contributed by atoms with Gasteiger partial charge in [0.05, 0.1) is 29.5 Å². The molecule has 0 aliphatic rings. The number of aromatic nitrogens is 1. The number of carbonyl (C=O) groups is 1. The van der Waals surface area contributed by atoms with Crippen LogP contribution in [0.3, 0.4) is 0 Å². The Morgan fingerprint density at radius 3 is 2.55 bits per heavy atom. The van der Waals surface area contributed by atoms with Crippen molar-refractivity contribution in [1.82, 2.24) is 4.98 Å². The zero-order chi connectivity index (χ0) is 16.4. The van der Waals surface area contributed by atoms with Gasteiger partial charge in [0.2, 0.25) is 5.78 Å². The molecule has 1 aromatic heterocycles. The second-order valence-corrected chi connectivity index (χ2v) is 4.50. The van der Waals surface area contributed by atoms with E-state index in [0.717, 1.165) is 12.1 Å². The molecule has 1 aromatic carbocycles. The standard InChI is InChI=1S/C15H15F2N3O2/c1-3-10(22-2)11-7(6-20-15(11)19)14(21)12-8(16)4-5-9(18)13(12)17/h3-6,20H,18-19H2,1-2H3/b10-3+. The van der Waals surface area contributed by atoms with E-state index in [-0.39, 0.29) is 22.6 Å². The van der Waals surface area contributed by atoms with Crippen LogP contribution < -0.4 is 11.5 Å². The van der Waals surface area contributed by atoms with Gasteiger partial charge in [-0.1, -0.05) is 0 Å². The number of methoxy groups -OCH3 is 1. The number of rotatable bonds is 4. The van der Waals surface area contributed by atoms with E-state index >= 15 is 0 Å². The lowest BCUT2D eigenvalue weighted by Gasteiger charge is -2.10. The zero-order valence-corrected chi connectivity index (χ0v) is 12.0. The average Bonchev–Trinajstić information content (AvgIpc) is 2.87. The molecule has 0 aliphatic carbocycles. The van der Waals surface area contributed by atoms with Gasteiger partial charge in [-0.05, 0) is 25.1 Å². The van der Waals surface area contributed by atoms with Crippen molar-refractivity contribution in [2.45, 2.75) is 6.92 Å². The summed E-state index contributed by atoms with van der Waals surface area (Å²) in [5.41, 5.74) is 10.4. The van der Waals surface area contributed by atoms with Gasteiger partial charge in [-0.2, -0.15) is 0 Å². The molecule has 5 nitrogen and oxygen atoms in total. The fourth-order valence-corrected chi connectivity index (χ4v) is 2.16. The van der Waals surface area contributed by atoms with Crippen LogP contribution >= 0.6 is 0 Å². The minimum atomic E-state index is -1.10. The summed E-state index contributed by atoms with van der Waals surface area (Å²) < 4.78 is 33.0. The van der Waals surface area contributed by atoms with Gasteiger partial charge in [0, 0.05) is 6.20 Å². The molecule has 0 bridgehead atoms. The maximum Gasteiger partial charge on any atom is 0.201 e. The number of allylic oxidation sites excluding steroid dienone is 1. The van der Waals surface area contributed by atoms with Gasteiger partial charge in [-0.3, -0.25) is 4.79 Å². The Morgan fingerprint density at radius 2 is 1.95 bits per heavy atom. The number of carbonyl (C=O) groups excluding carboxylic acids is 1. The quantitative estimate of drug-likeness (QED) is 0.460. The molecule has 0 unspecified atom stereocenters. The molecular formula is C15H15F2N3O2. The summed E-state index contributed by atoms with van der Waals surface area (Å²) in [4.78, 5) is 15.2. The van der Waals surface area contributed by atoms with Crippen molar-refractivity contribution >= 4 is 23.0 Å². The molecule has 0 saturated heterocycles. The number of anilines is 2. The number of ketones is 1. The fourth-order valence-electron chi connectivity index (χ4n) is 2.16. The van der Waals surface area contributed by atoms with Crippen LogP contribution in [0.2, 0.25) is 0 Å². The van der Waals surface area contributed by atoms with Crippen LogP contribution in [-0.4, -0.2) is 17.9 Å². The number of nitrogens with two attached hydrogens (primary N) is 2. The summed E-state index contributed by atoms with van der Waals surface area (Å²) in [6, 6.07) is 1.99. The smallest absolute Gasteiger partial charge is 0.201 e. The van der Waals surface area contributed by atoms with Crippen molar-refractivity contribution in [1.29, 1.82) is 0 Å². The number of hydrogen-bond donors (Lipinski definition) is 3. The Labute approximate surface area is 125 Å². The number of aromatic amines is 1. The van der Waals surface area contributed by atoms with E-state index < -0.39 is 23.0 Å². The lowest BCUT2D eigenvalue weighted by Crippen LogP contribution is -2.11.